The molecule has 0 atom stereocenters. The predicted octanol–water partition coefficient (Wildman–Crippen LogP) is 4.44. The first-order chi connectivity index (χ1) is 15.8. The van der Waals surface area contributed by atoms with Crippen molar-refractivity contribution >= 4 is 17.6 Å². The smallest absolute Gasteiger partial charge is 0.308 e. The number of carbonyl (C=O) groups is 1. The van der Waals surface area contributed by atoms with Crippen molar-refractivity contribution < 1.29 is 27.2 Å². The lowest BCUT2D eigenvalue weighted by Gasteiger charge is -2.09. The van der Waals surface area contributed by atoms with Gasteiger partial charge < -0.3 is 5.32 Å². The van der Waals surface area contributed by atoms with Gasteiger partial charge in [-0.05, 0) is 47.0 Å². The van der Waals surface area contributed by atoms with Crippen molar-refractivity contribution in [1.82, 2.24) is 15.2 Å². The van der Waals surface area contributed by atoms with E-state index in [1.54, 1.807) is 12.4 Å². The lowest BCUT2D eigenvalue weighted by Crippen LogP contribution is -2.35. The van der Waals surface area contributed by atoms with Crippen LogP contribution >= 0.6 is 0 Å². The molecule has 0 saturated heterocycles. The molecule has 0 aliphatic carbocycles. The Morgan fingerprint density at radius 1 is 1.09 bits per heavy atom. The highest BCUT2D eigenvalue weighted by atomic mass is 19.4. The molecule has 0 bridgehead atoms. The second kappa shape index (κ2) is 9.07. The lowest BCUT2D eigenvalue weighted by molar-refractivity contribution is -0.754. The van der Waals surface area contributed by atoms with Crippen molar-refractivity contribution in [2.24, 2.45) is 0 Å². The number of nitrogens with one attached hydrogen (secondary N) is 2. The Labute approximate surface area is 186 Å². The number of aryl methyl sites for hydroxylation is 1. The fourth-order valence-corrected chi connectivity index (χ4v) is 3.23. The number of urea groups is 1. The second-order valence-electron chi connectivity index (χ2n) is 7.20. The Morgan fingerprint density at radius 3 is 2.61 bits per heavy atom. The fourth-order valence-electron chi connectivity index (χ4n) is 3.23. The molecule has 0 unspecified atom stereocenters. The Kier molecular flexibility index (Phi) is 6.03. The number of benzene rings is 2. The van der Waals surface area contributed by atoms with Crippen molar-refractivity contribution in [2.75, 3.05) is 10.6 Å². The van der Waals surface area contributed by atoms with Crippen LogP contribution in [0.25, 0.3) is 11.1 Å². The molecule has 0 radical (unpaired) electrons. The molecule has 33 heavy (non-hydrogen) atoms. The molecule has 2 heterocycles. The summed E-state index contributed by atoms with van der Waals surface area (Å²) >= 11 is 0. The molecular formula is C22H18F3N6O2+. The van der Waals surface area contributed by atoms with E-state index in [-0.39, 0.29) is 11.6 Å². The molecule has 4 rings (SSSR count). The van der Waals surface area contributed by atoms with E-state index in [1.165, 1.54) is 29.3 Å². The number of hydrogen-bond donors (Lipinski definition) is 2. The quantitative estimate of drug-likeness (QED) is 0.434. The molecule has 168 valence electrons. The molecule has 0 aliphatic rings. The first-order valence-electron chi connectivity index (χ1n) is 9.74. The monoisotopic (exact) mass is 455 g/mol. The minimum Gasteiger partial charge on any atom is -0.308 e. The van der Waals surface area contributed by atoms with Gasteiger partial charge in [-0.1, -0.05) is 18.2 Å². The summed E-state index contributed by atoms with van der Waals surface area (Å²) in [7, 11) is 0. The Hall–Kier alpha value is -4.28. The molecule has 2 amide bonds. The van der Waals surface area contributed by atoms with Crippen molar-refractivity contribution in [2.45, 2.75) is 19.6 Å². The first kappa shape index (κ1) is 21.9. The van der Waals surface area contributed by atoms with Gasteiger partial charge in [-0.2, -0.15) is 13.2 Å². The van der Waals surface area contributed by atoms with Gasteiger partial charge in [0.2, 0.25) is 11.8 Å². The SMILES string of the molecule is Cc1cc(C[n+]2cc(NC(=O)Nc3cccc(C(F)(F)F)c3)on2)ccc1-c1cncnc1. The van der Waals surface area contributed by atoms with Gasteiger partial charge in [0.15, 0.2) is 0 Å². The fraction of sp³-hybridized carbons (Fsp3) is 0.136. The second-order valence-corrected chi connectivity index (χ2v) is 7.20. The number of halogens is 3. The zero-order chi connectivity index (χ0) is 23.4. The van der Waals surface area contributed by atoms with E-state index in [4.69, 9.17) is 4.52 Å². The largest absolute Gasteiger partial charge is 0.416 e. The van der Waals surface area contributed by atoms with Gasteiger partial charge in [0.1, 0.15) is 6.33 Å². The third kappa shape index (κ3) is 5.50. The van der Waals surface area contributed by atoms with Crippen LogP contribution in [0.4, 0.5) is 29.5 Å². The molecule has 8 nitrogen and oxygen atoms in total. The van der Waals surface area contributed by atoms with Crippen LogP contribution in [0.15, 0.2) is 71.9 Å². The van der Waals surface area contributed by atoms with E-state index < -0.39 is 17.8 Å². The third-order valence-electron chi connectivity index (χ3n) is 4.70. The van der Waals surface area contributed by atoms with Crippen molar-refractivity contribution in [1.29, 1.82) is 0 Å². The summed E-state index contributed by atoms with van der Waals surface area (Å²) < 4.78 is 45.0. The van der Waals surface area contributed by atoms with Crippen LogP contribution < -0.4 is 15.3 Å². The number of rotatable bonds is 5. The Bertz CT molecular complexity index is 1270. The summed E-state index contributed by atoms with van der Waals surface area (Å²) in [4.78, 5) is 20.2. The number of anilines is 2. The maximum Gasteiger partial charge on any atom is 0.416 e. The van der Waals surface area contributed by atoms with Crippen LogP contribution in [0.5, 0.6) is 0 Å². The predicted molar refractivity (Wildman–Crippen MR) is 112 cm³/mol. The summed E-state index contributed by atoms with van der Waals surface area (Å²) in [6.45, 7) is 2.36. The molecule has 2 aromatic heterocycles. The first-order valence-corrected chi connectivity index (χ1v) is 9.74. The van der Waals surface area contributed by atoms with Crippen LogP contribution in [-0.4, -0.2) is 21.3 Å². The zero-order valence-corrected chi connectivity index (χ0v) is 17.3. The van der Waals surface area contributed by atoms with Gasteiger partial charge in [-0.15, -0.1) is 0 Å². The van der Waals surface area contributed by atoms with Gasteiger partial charge in [0, 0.05) is 29.2 Å². The average molecular weight is 455 g/mol. The van der Waals surface area contributed by atoms with E-state index in [2.05, 4.69) is 25.9 Å². The summed E-state index contributed by atoms with van der Waals surface area (Å²) in [5, 5.41) is 8.59. The molecule has 0 spiro atoms. The highest BCUT2D eigenvalue weighted by Crippen LogP contribution is 2.30. The lowest BCUT2D eigenvalue weighted by atomic mass is 10.0. The van der Waals surface area contributed by atoms with Gasteiger partial charge in [-0.25, -0.2) is 14.8 Å². The van der Waals surface area contributed by atoms with Crippen LogP contribution in [-0.2, 0) is 12.7 Å². The Balaban J connectivity index is 1.38. The highest BCUT2D eigenvalue weighted by molar-refractivity contribution is 5.98. The van der Waals surface area contributed by atoms with Crippen LogP contribution in [0.2, 0.25) is 0 Å². The van der Waals surface area contributed by atoms with Gasteiger partial charge in [0.05, 0.1) is 5.56 Å². The standard InChI is InChI=1S/C22H17F3N6O2/c1-14-7-15(5-6-19(14)16-9-26-13-27-10-16)11-31-12-20(33-30-31)29-21(32)28-18-4-2-3-17(8-18)22(23,24)25/h2-10,12-13H,11H2,1H3,(H-,28,29,30,32)/p+1. The van der Waals surface area contributed by atoms with E-state index in [1.807, 2.05) is 25.1 Å². The van der Waals surface area contributed by atoms with E-state index in [0.717, 1.165) is 34.4 Å². The Morgan fingerprint density at radius 2 is 1.88 bits per heavy atom. The number of aromatic nitrogens is 4. The van der Waals surface area contributed by atoms with Crippen molar-refractivity contribution in [3.8, 4) is 11.1 Å². The molecule has 0 saturated carbocycles. The third-order valence-corrected chi connectivity index (χ3v) is 4.70. The van der Waals surface area contributed by atoms with Crippen molar-refractivity contribution in [3.63, 3.8) is 0 Å². The number of nitrogens with zero attached hydrogens (tertiary/aromatic N) is 4. The molecule has 2 aromatic carbocycles. The summed E-state index contributed by atoms with van der Waals surface area (Å²) in [5.74, 6) is 0.0363. The number of hydrogen-bond acceptors (Lipinski definition) is 5. The van der Waals surface area contributed by atoms with Gasteiger partial charge in [0.25, 0.3) is 6.20 Å². The van der Waals surface area contributed by atoms with Gasteiger partial charge >= 0.3 is 18.1 Å². The van der Waals surface area contributed by atoms with E-state index in [9.17, 15) is 18.0 Å². The number of amides is 2. The van der Waals surface area contributed by atoms with Gasteiger partial charge in [-0.3, -0.25) is 9.84 Å². The molecule has 4 aromatic rings. The molecular weight excluding hydrogens is 437 g/mol. The maximum absolute atomic E-state index is 12.8. The molecule has 0 fully saturated rings. The normalized spacial score (nSPS) is 11.3. The minimum atomic E-state index is -4.50. The maximum atomic E-state index is 12.8. The van der Waals surface area contributed by atoms with Crippen LogP contribution in [0.1, 0.15) is 16.7 Å². The minimum absolute atomic E-state index is 0.00546. The topological polar surface area (TPSA) is 96.8 Å². The van der Waals surface area contributed by atoms with Crippen LogP contribution in [0, 0.1) is 6.92 Å². The molecule has 11 heteroatoms. The van der Waals surface area contributed by atoms with Crippen LogP contribution in [0.3, 0.4) is 0 Å². The summed E-state index contributed by atoms with van der Waals surface area (Å²) in [5.41, 5.74) is 3.04. The molecule has 0 aliphatic heterocycles. The highest BCUT2D eigenvalue weighted by Gasteiger charge is 2.30. The summed E-state index contributed by atoms with van der Waals surface area (Å²) in [6, 6.07) is 9.45. The molecule has 2 N–H and O–H groups in total. The van der Waals surface area contributed by atoms with E-state index >= 15 is 0 Å². The van der Waals surface area contributed by atoms with E-state index in [0.29, 0.717) is 6.54 Å². The number of carbonyl (C=O) groups excluding carboxylic acids is 1. The summed E-state index contributed by atoms with van der Waals surface area (Å²) in [6.07, 6.45) is 1.92. The zero-order valence-electron chi connectivity index (χ0n) is 17.3. The van der Waals surface area contributed by atoms with Crippen molar-refractivity contribution in [3.05, 3.63) is 84.1 Å². The number of alkyl halides is 3. The average Bonchev–Trinajstić information content (AvgIpc) is 3.20.